The molecule has 3 aromatic rings. The first kappa shape index (κ1) is 14.1. The number of halogens is 1. The minimum Gasteiger partial charge on any atom is -0.327 e. The summed E-state index contributed by atoms with van der Waals surface area (Å²) in [5, 5.41) is 8.07. The number of hydrogen-bond acceptors (Lipinski definition) is 3. The van der Waals surface area contributed by atoms with Gasteiger partial charge in [0, 0.05) is 32.3 Å². The molecule has 0 aliphatic rings. The van der Waals surface area contributed by atoms with Crippen LogP contribution in [0.2, 0.25) is 0 Å². The molecule has 0 radical (unpaired) electrons. The highest BCUT2D eigenvalue weighted by atomic mass is 35.5. The van der Waals surface area contributed by atoms with Crippen molar-refractivity contribution >= 4 is 22.6 Å². The van der Waals surface area contributed by atoms with Crippen molar-refractivity contribution in [1.29, 1.82) is 0 Å². The second-order valence-electron chi connectivity index (χ2n) is 5.22. The van der Waals surface area contributed by atoms with E-state index in [1.54, 1.807) is 6.33 Å². The lowest BCUT2D eigenvalue weighted by atomic mass is 10.2. The van der Waals surface area contributed by atoms with Gasteiger partial charge in [0.25, 0.3) is 0 Å². The van der Waals surface area contributed by atoms with Crippen molar-refractivity contribution in [3.63, 3.8) is 0 Å². The van der Waals surface area contributed by atoms with E-state index in [9.17, 15) is 0 Å². The first-order valence-corrected chi connectivity index (χ1v) is 7.57. The van der Waals surface area contributed by atoms with Gasteiger partial charge in [0.05, 0.1) is 11.0 Å². The summed E-state index contributed by atoms with van der Waals surface area (Å²) in [4.78, 5) is 4.70. The highest BCUT2D eigenvalue weighted by Crippen LogP contribution is 2.19. The van der Waals surface area contributed by atoms with E-state index in [2.05, 4.69) is 39.9 Å². The summed E-state index contributed by atoms with van der Waals surface area (Å²) in [5.74, 6) is 2.58. The van der Waals surface area contributed by atoms with Crippen molar-refractivity contribution < 1.29 is 0 Å². The molecule has 0 N–H and O–H groups in total. The molecule has 21 heavy (non-hydrogen) atoms. The topological polar surface area (TPSA) is 48.5 Å². The van der Waals surface area contributed by atoms with Crippen molar-refractivity contribution in [3.05, 3.63) is 41.7 Å². The molecule has 1 aromatic carbocycles. The average molecular weight is 304 g/mol. The number of hydrogen-bond donors (Lipinski definition) is 0. The van der Waals surface area contributed by atoms with Crippen LogP contribution in [0.15, 0.2) is 24.5 Å². The minimum absolute atomic E-state index is 0.576. The van der Waals surface area contributed by atoms with E-state index in [1.165, 1.54) is 5.56 Å². The molecule has 0 saturated carbocycles. The Labute approximate surface area is 128 Å². The van der Waals surface area contributed by atoms with Crippen LogP contribution < -0.4 is 0 Å². The molecule has 0 bridgehead atoms. The van der Waals surface area contributed by atoms with E-state index in [0.717, 1.165) is 42.1 Å². The van der Waals surface area contributed by atoms with Gasteiger partial charge >= 0.3 is 0 Å². The van der Waals surface area contributed by atoms with E-state index >= 15 is 0 Å². The van der Waals surface area contributed by atoms with Gasteiger partial charge < -0.3 is 9.13 Å². The molecule has 3 rings (SSSR count). The lowest BCUT2D eigenvalue weighted by Gasteiger charge is -2.08. The molecular formula is C15H18ClN5. The summed E-state index contributed by atoms with van der Waals surface area (Å²) in [7, 11) is 1.96. The predicted octanol–water partition coefficient (Wildman–Crippen LogP) is 2.50. The maximum atomic E-state index is 5.91. The molecule has 0 spiro atoms. The molecule has 0 aliphatic heterocycles. The molecule has 2 aromatic heterocycles. The third-order valence-corrected chi connectivity index (χ3v) is 3.85. The summed E-state index contributed by atoms with van der Waals surface area (Å²) in [6.07, 6.45) is 3.32. The van der Waals surface area contributed by atoms with Crippen molar-refractivity contribution in [2.75, 3.05) is 5.88 Å². The van der Waals surface area contributed by atoms with Crippen LogP contribution in [0, 0.1) is 6.92 Å². The lowest BCUT2D eigenvalue weighted by Crippen LogP contribution is -2.09. The quantitative estimate of drug-likeness (QED) is 0.680. The number of imidazole rings is 1. The van der Waals surface area contributed by atoms with E-state index in [4.69, 9.17) is 16.6 Å². The Morgan fingerprint density at radius 1 is 1.19 bits per heavy atom. The van der Waals surface area contributed by atoms with Crippen molar-refractivity contribution in [3.8, 4) is 0 Å². The number of nitrogens with zero attached hydrogens (tertiary/aromatic N) is 5. The molecule has 0 fully saturated rings. The fraction of sp³-hybridized carbons (Fsp3) is 0.400. The van der Waals surface area contributed by atoms with E-state index in [1.807, 2.05) is 11.6 Å². The van der Waals surface area contributed by atoms with Gasteiger partial charge in [0.15, 0.2) is 0 Å². The monoisotopic (exact) mass is 303 g/mol. The predicted molar refractivity (Wildman–Crippen MR) is 83.6 cm³/mol. The number of aromatic nitrogens is 5. The summed E-state index contributed by atoms with van der Waals surface area (Å²) in [6, 6.07) is 6.34. The maximum Gasteiger partial charge on any atom is 0.134 e. The Morgan fingerprint density at radius 2 is 2.05 bits per heavy atom. The number of benzene rings is 1. The van der Waals surface area contributed by atoms with E-state index in [-0.39, 0.29) is 0 Å². The van der Waals surface area contributed by atoms with E-state index < -0.39 is 0 Å². The van der Waals surface area contributed by atoms with Gasteiger partial charge in [0.1, 0.15) is 18.0 Å². The first-order chi connectivity index (χ1) is 10.2. The zero-order valence-electron chi connectivity index (χ0n) is 12.3. The molecule has 0 saturated heterocycles. The number of fused-ring (bicyclic) bond motifs is 1. The summed E-state index contributed by atoms with van der Waals surface area (Å²) >= 11 is 5.91. The van der Waals surface area contributed by atoms with Crippen molar-refractivity contribution in [2.45, 2.75) is 26.3 Å². The lowest BCUT2D eigenvalue weighted by molar-refractivity contribution is 0.636. The minimum atomic E-state index is 0.576. The van der Waals surface area contributed by atoms with Gasteiger partial charge in [-0.3, -0.25) is 0 Å². The van der Waals surface area contributed by atoms with Gasteiger partial charge in [-0.2, -0.15) is 0 Å². The molecule has 0 unspecified atom stereocenters. The summed E-state index contributed by atoms with van der Waals surface area (Å²) in [6.45, 7) is 2.93. The summed E-state index contributed by atoms with van der Waals surface area (Å²) < 4.78 is 4.20. The van der Waals surface area contributed by atoms with Gasteiger partial charge in [-0.05, 0) is 24.6 Å². The fourth-order valence-electron chi connectivity index (χ4n) is 2.55. The Kier molecular flexibility index (Phi) is 3.92. The smallest absolute Gasteiger partial charge is 0.134 e. The highest BCUT2D eigenvalue weighted by molar-refractivity contribution is 6.17. The molecule has 0 amide bonds. The van der Waals surface area contributed by atoms with Crippen LogP contribution in [0.3, 0.4) is 0 Å². The first-order valence-electron chi connectivity index (χ1n) is 7.03. The molecule has 110 valence electrons. The molecule has 0 aliphatic carbocycles. The Morgan fingerprint density at radius 3 is 2.76 bits per heavy atom. The van der Waals surface area contributed by atoms with Gasteiger partial charge in [-0.25, -0.2) is 4.98 Å². The van der Waals surface area contributed by atoms with Gasteiger partial charge in [0.2, 0.25) is 0 Å². The molecule has 2 heterocycles. The summed E-state index contributed by atoms with van der Waals surface area (Å²) in [5.41, 5.74) is 3.43. The third kappa shape index (κ3) is 2.78. The molecule has 0 atom stereocenters. The van der Waals surface area contributed by atoms with Crippen LogP contribution in [0.1, 0.15) is 17.2 Å². The van der Waals surface area contributed by atoms with Crippen molar-refractivity contribution in [1.82, 2.24) is 24.3 Å². The second-order valence-corrected chi connectivity index (χ2v) is 5.60. The van der Waals surface area contributed by atoms with Crippen LogP contribution in [-0.4, -0.2) is 30.2 Å². The highest BCUT2D eigenvalue weighted by Gasteiger charge is 2.11. The number of aryl methyl sites for hydroxylation is 5. The molecule has 6 heteroatoms. The average Bonchev–Trinajstić information content (AvgIpc) is 3.01. The standard InChI is InChI=1S/C15H18ClN5/c1-11-3-4-12-13(9-11)21(14(18-12)5-7-16)8-6-15-19-17-10-20(15)2/h3-4,9-10H,5-8H2,1-2H3. The normalized spacial score (nSPS) is 11.4. The zero-order valence-corrected chi connectivity index (χ0v) is 13.0. The zero-order chi connectivity index (χ0) is 14.8. The SMILES string of the molecule is Cc1ccc2nc(CCCl)n(CCc3nncn3C)c2c1. The van der Waals surface area contributed by atoms with E-state index in [0.29, 0.717) is 5.88 Å². The van der Waals surface area contributed by atoms with Crippen LogP contribution in [0.25, 0.3) is 11.0 Å². The molecule has 5 nitrogen and oxygen atoms in total. The van der Waals surface area contributed by atoms with Crippen LogP contribution >= 0.6 is 11.6 Å². The van der Waals surface area contributed by atoms with Crippen molar-refractivity contribution in [2.24, 2.45) is 7.05 Å². The van der Waals surface area contributed by atoms with Gasteiger partial charge in [-0.1, -0.05) is 6.07 Å². The maximum absolute atomic E-state index is 5.91. The van der Waals surface area contributed by atoms with Crippen LogP contribution in [-0.2, 0) is 26.4 Å². The fourth-order valence-corrected chi connectivity index (χ4v) is 2.72. The van der Waals surface area contributed by atoms with Crippen LogP contribution in [0.5, 0.6) is 0 Å². The van der Waals surface area contributed by atoms with Crippen LogP contribution in [0.4, 0.5) is 0 Å². The Hall–Kier alpha value is -1.88. The Balaban J connectivity index is 1.96. The Bertz CT molecular complexity index is 759. The third-order valence-electron chi connectivity index (χ3n) is 3.67. The number of rotatable bonds is 5. The molecular weight excluding hydrogens is 286 g/mol. The number of alkyl halides is 1. The largest absolute Gasteiger partial charge is 0.327 e. The van der Waals surface area contributed by atoms with Gasteiger partial charge in [-0.15, -0.1) is 21.8 Å². The second kappa shape index (κ2) is 5.85.